The van der Waals surface area contributed by atoms with Gasteiger partial charge in [0.05, 0.1) is 12.8 Å². The van der Waals surface area contributed by atoms with Crippen molar-refractivity contribution in [3.05, 3.63) is 36.5 Å². The number of carbonyl (C=O) groups excluding carboxylic acids is 1. The Balaban J connectivity index is 1.92. The maximum absolute atomic E-state index is 12.1. The predicted octanol–water partition coefficient (Wildman–Crippen LogP) is 2.96. The van der Waals surface area contributed by atoms with Crippen LogP contribution >= 0.6 is 0 Å². The van der Waals surface area contributed by atoms with Crippen molar-refractivity contribution >= 4 is 11.7 Å². The van der Waals surface area contributed by atoms with Crippen molar-refractivity contribution in [3.63, 3.8) is 0 Å². The lowest BCUT2D eigenvalue weighted by molar-refractivity contribution is -0.118. The fourth-order valence-electron chi connectivity index (χ4n) is 2.10. The lowest BCUT2D eigenvalue weighted by atomic mass is 10.2. The number of ether oxygens (including phenoxy) is 2. The van der Waals surface area contributed by atoms with Crippen molar-refractivity contribution in [1.82, 2.24) is 9.78 Å². The van der Waals surface area contributed by atoms with Crippen LogP contribution in [0.3, 0.4) is 0 Å². The fraction of sp³-hybridized carbons (Fsp3) is 0.412. The first-order valence-electron chi connectivity index (χ1n) is 7.76. The van der Waals surface area contributed by atoms with E-state index in [4.69, 9.17) is 9.47 Å². The van der Waals surface area contributed by atoms with Crippen LogP contribution in [0.4, 0.5) is 5.82 Å². The molecule has 0 atom stereocenters. The van der Waals surface area contributed by atoms with Crippen molar-refractivity contribution in [2.24, 2.45) is 5.92 Å². The zero-order chi connectivity index (χ0) is 16.7. The Morgan fingerprint density at radius 1 is 1.22 bits per heavy atom. The molecule has 2 rings (SSSR count). The zero-order valence-electron chi connectivity index (χ0n) is 13.8. The Morgan fingerprint density at radius 2 is 1.91 bits per heavy atom. The molecule has 0 aliphatic rings. The van der Waals surface area contributed by atoms with Gasteiger partial charge in [0, 0.05) is 12.6 Å². The lowest BCUT2D eigenvalue weighted by Crippen LogP contribution is -2.23. The first kappa shape index (κ1) is 16.9. The third-order valence-electron chi connectivity index (χ3n) is 3.03. The lowest BCUT2D eigenvalue weighted by Gasteiger charge is -2.13. The molecule has 1 aromatic heterocycles. The molecule has 0 fully saturated rings. The Hall–Kier alpha value is -2.50. The second-order valence-corrected chi connectivity index (χ2v) is 5.51. The summed E-state index contributed by atoms with van der Waals surface area (Å²) in [4.78, 5) is 12.1. The van der Waals surface area contributed by atoms with Gasteiger partial charge in [-0.15, -0.1) is 0 Å². The first-order valence-corrected chi connectivity index (χ1v) is 7.76. The van der Waals surface area contributed by atoms with Crippen molar-refractivity contribution in [2.75, 3.05) is 18.5 Å². The van der Waals surface area contributed by atoms with E-state index in [1.807, 2.05) is 25.1 Å². The minimum absolute atomic E-state index is 0.0864. The second kappa shape index (κ2) is 8.22. The Bertz CT molecular complexity index is 638. The van der Waals surface area contributed by atoms with Gasteiger partial charge < -0.3 is 14.8 Å². The molecule has 0 saturated heterocycles. The third-order valence-corrected chi connectivity index (χ3v) is 3.03. The second-order valence-electron chi connectivity index (χ2n) is 5.51. The molecule has 6 nitrogen and oxygen atoms in total. The van der Waals surface area contributed by atoms with Gasteiger partial charge in [0.15, 0.2) is 18.1 Å². The summed E-state index contributed by atoms with van der Waals surface area (Å²) in [6.07, 6.45) is 1.67. The van der Waals surface area contributed by atoms with Gasteiger partial charge in [-0.05, 0) is 25.0 Å². The highest BCUT2D eigenvalue weighted by molar-refractivity contribution is 5.91. The number of amides is 1. The fourth-order valence-corrected chi connectivity index (χ4v) is 2.10. The number of para-hydroxylation sites is 2. The molecule has 1 amide bonds. The molecule has 0 unspecified atom stereocenters. The summed E-state index contributed by atoms with van der Waals surface area (Å²) in [5.74, 6) is 2.07. The maximum Gasteiger partial charge on any atom is 0.263 e. The van der Waals surface area contributed by atoms with E-state index in [1.54, 1.807) is 23.0 Å². The van der Waals surface area contributed by atoms with E-state index in [9.17, 15) is 4.79 Å². The van der Waals surface area contributed by atoms with E-state index >= 15 is 0 Å². The highest BCUT2D eigenvalue weighted by Crippen LogP contribution is 2.26. The average Bonchev–Trinajstić information content (AvgIpc) is 2.93. The number of aromatic nitrogens is 2. The number of rotatable bonds is 8. The van der Waals surface area contributed by atoms with Crippen molar-refractivity contribution in [1.29, 1.82) is 0 Å². The molecule has 0 aliphatic heterocycles. The highest BCUT2D eigenvalue weighted by Gasteiger charge is 2.10. The summed E-state index contributed by atoms with van der Waals surface area (Å²) < 4.78 is 12.8. The molecule has 0 saturated carbocycles. The number of hydrogen-bond donors (Lipinski definition) is 1. The molecular weight excluding hydrogens is 294 g/mol. The van der Waals surface area contributed by atoms with Crippen LogP contribution in [-0.2, 0) is 11.3 Å². The van der Waals surface area contributed by atoms with E-state index in [0.29, 0.717) is 29.8 Å². The Kier molecular flexibility index (Phi) is 6.02. The minimum atomic E-state index is -0.234. The molecule has 0 aliphatic carbocycles. The minimum Gasteiger partial charge on any atom is -0.490 e. The molecule has 2 aromatic rings. The zero-order valence-corrected chi connectivity index (χ0v) is 13.8. The highest BCUT2D eigenvalue weighted by atomic mass is 16.5. The number of carbonyl (C=O) groups is 1. The van der Waals surface area contributed by atoms with Crippen LogP contribution in [0.1, 0.15) is 20.8 Å². The van der Waals surface area contributed by atoms with Crippen molar-refractivity contribution in [2.45, 2.75) is 27.3 Å². The number of nitrogens with zero attached hydrogens (tertiary/aromatic N) is 2. The molecule has 124 valence electrons. The van der Waals surface area contributed by atoms with Crippen LogP contribution in [0.5, 0.6) is 11.5 Å². The van der Waals surface area contributed by atoms with Gasteiger partial charge in [-0.25, -0.2) is 4.68 Å². The smallest absolute Gasteiger partial charge is 0.263 e. The standard InChI is InChI=1S/C17H23N3O3/c1-4-22-14-7-5-6-8-15(14)23-12-17(21)19-16-9-10-18-20(16)11-13(2)3/h5-10,13H,4,11-12H2,1-3H3,(H,19,21). The Morgan fingerprint density at radius 3 is 2.57 bits per heavy atom. The van der Waals surface area contributed by atoms with E-state index in [0.717, 1.165) is 6.54 Å². The SMILES string of the molecule is CCOc1ccccc1OCC(=O)Nc1ccnn1CC(C)C. The summed E-state index contributed by atoms with van der Waals surface area (Å²) in [5, 5.41) is 7.02. The van der Waals surface area contributed by atoms with Gasteiger partial charge in [0.2, 0.25) is 0 Å². The molecule has 1 N–H and O–H groups in total. The topological polar surface area (TPSA) is 65.4 Å². The molecule has 1 heterocycles. The summed E-state index contributed by atoms with van der Waals surface area (Å²) in [6, 6.07) is 9.07. The van der Waals surface area contributed by atoms with E-state index in [2.05, 4.69) is 24.3 Å². The average molecular weight is 317 g/mol. The largest absolute Gasteiger partial charge is 0.490 e. The van der Waals surface area contributed by atoms with Gasteiger partial charge in [-0.1, -0.05) is 26.0 Å². The monoisotopic (exact) mass is 317 g/mol. The molecule has 0 radical (unpaired) electrons. The van der Waals surface area contributed by atoms with Crippen LogP contribution in [0.2, 0.25) is 0 Å². The molecule has 6 heteroatoms. The van der Waals surface area contributed by atoms with Crippen molar-refractivity contribution in [3.8, 4) is 11.5 Å². The van der Waals surface area contributed by atoms with Crippen LogP contribution in [0.15, 0.2) is 36.5 Å². The van der Waals surface area contributed by atoms with E-state index in [1.165, 1.54) is 0 Å². The number of anilines is 1. The molecule has 0 spiro atoms. The van der Waals surface area contributed by atoms with Crippen LogP contribution in [0, 0.1) is 5.92 Å². The summed E-state index contributed by atoms with van der Waals surface area (Å²) in [6.45, 7) is 7.30. The van der Waals surface area contributed by atoms with Gasteiger partial charge in [-0.2, -0.15) is 5.10 Å². The normalized spacial score (nSPS) is 10.6. The quantitative estimate of drug-likeness (QED) is 0.813. The predicted molar refractivity (Wildman–Crippen MR) is 88.8 cm³/mol. The molecule has 1 aromatic carbocycles. The number of hydrogen-bond acceptors (Lipinski definition) is 4. The number of nitrogens with one attached hydrogen (secondary N) is 1. The Labute approximate surface area is 136 Å². The summed E-state index contributed by atoms with van der Waals surface area (Å²) >= 11 is 0. The summed E-state index contributed by atoms with van der Waals surface area (Å²) in [5.41, 5.74) is 0. The van der Waals surface area contributed by atoms with Gasteiger partial charge in [-0.3, -0.25) is 4.79 Å². The molecule has 0 bridgehead atoms. The first-order chi connectivity index (χ1) is 11.1. The van der Waals surface area contributed by atoms with Crippen LogP contribution < -0.4 is 14.8 Å². The summed E-state index contributed by atoms with van der Waals surface area (Å²) in [7, 11) is 0. The van der Waals surface area contributed by atoms with Gasteiger partial charge in [0.25, 0.3) is 5.91 Å². The molecular formula is C17H23N3O3. The van der Waals surface area contributed by atoms with Crippen LogP contribution in [0.25, 0.3) is 0 Å². The number of benzene rings is 1. The van der Waals surface area contributed by atoms with Gasteiger partial charge in [0.1, 0.15) is 5.82 Å². The van der Waals surface area contributed by atoms with Crippen molar-refractivity contribution < 1.29 is 14.3 Å². The van der Waals surface area contributed by atoms with E-state index in [-0.39, 0.29) is 12.5 Å². The maximum atomic E-state index is 12.1. The third kappa shape index (κ3) is 5.02. The molecule has 23 heavy (non-hydrogen) atoms. The van der Waals surface area contributed by atoms with Crippen LogP contribution in [-0.4, -0.2) is 28.9 Å². The van der Waals surface area contributed by atoms with E-state index < -0.39 is 0 Å². The van der Waals surface area contributed by atoms with Gasteiger partial charge >= 0.3 is 0 Å².